The van der Waals surface area contributed by atoms with Crippen LogP contribution in [0.3, 0.4) is 0 Å². The molecule has 166 valence electrons. The second kappa shape index (κ2) is 11.1. The van der Waals surface area contributed by atoms with Crippen molar-refractivity contribution in [3.8, 4) is 11.5 Å². The van der Waals surface area contributed by atoms with Gasteiger partial charge >= 0.3 is 12.0 Å². The Morgan fingerprint density at radius 1 is 1.00 bits per heavy atom. The molecule has 32 heavy (non-hydrogen) atoms. The SMILES string of the molecule is Cc1ccc(NC(=O)CS[C@H](C)C(=O)OCC(=O)Nc2nnc(-c3ccccc3)o2)cc1. The number of thioether (sulfide) groups is 1. The zero-order valence-electron chi connectivity index (χ0n) is 17.5. The van der Waals surface area contributed by atoms with Crippen molar-refractivity contribution < 1.29 is 23.5 Å². The third-order valence-corrected chi connectivity index (χ3v) is 5.29. The number of hydrogen-bond acceptors (Lipinski definition) is 8. The number of nitrogens with zero attached hydrogens (tertiary/aromatic N) is 2. The summed E-state index contributed by atoms with van der Waals surface area (Å²) in [6.07, 6.45) is 0. The third kappa shape index (κ3) is 6.95. The molecule has 2 amide bonds. The van der Waals surface area contributed by atoms with E-state index in [1.165, 1.54) is 0 Å². The summed E-state index contributed by atoms with van der Waals surface area (Å²) in [6.45, 7) is 3.05. The van der Waals surface area contributed by atoms with E-state index in [0.717, 1.165) is 17.3 Å². The average Bonchev–Trinajstić information content (AvgIpc) is 3.26. The smallest absolute Gasteiger partial charge is 0.322 e. The highest BCUT2D eigenvalue weighted by Crippen LogP contribution is 2.19. The fraction of sp³-hybridized carbons (Fsp3) is 0.227. The maximum absolute atomic E-state index is 12.1. The molecule has 0 radical (unpaired) electrons. The number of anilines is 2. The first-order chi connectivity index (χ1) is 15.4. The fourth-order valence-electron chi connectivity index (χ4n) is 2.48. The molecule has 0 bridgehead atoms. The number of aromatic nitrogens is 2. The van der Waals surface area contributed by atoms with Crippen molar-refractivity contribution in [1.29, 1.82) is 0 Å². The number of hydrogen-bond donors (Lipinski definition) is 2. The van der Waals surface area contributed by atoms with Crippen molar-refractivity contribution in [1.82, 2.24) is 10.2 Å². The highest BCUT2D eigenvalue weighted by Gasteiger charge is 2.19. The molecule has 3 aromatic rings. The Kier molecular flexibility index (Phi) is 7.98. The van der Waals surface area contributed by atoms with E-state index in [1.54, 1.807) is 31.2 Å². The highest BCUT2D eigenvalue weighted by atomic mass is 32.2. The van der Waals surface area contributed by atoms with Crippen molar-refractivity contribution in [2.24, 2.45) is 0 Å². The quantitative estimate of drug-likeness (QED) is 0.472. The first kappa shape index (κ1) is 23.0. The van der Waals surface area contributed by atoms with E-state index in [4.69, 9.17) is 9.15 Å². The van der Waals surface area contributed by atoms with Crippen LogP contribution in [0.25, 0.3) is 11.5 Å². The Morgan fingerprint density at radius 3 is 2.44 bits per heavy atom. The molecule has 0 saturated heterocycles. The number of carbonyl (C=O) groups excluding carboxylic acids is 3. The van der Waals surface area contributed by atoms with Crippen LogP contribution in [0.4, 0.5) is 11.7 Å². The average molecular weight is 455 g/mol. The van der Waals surface area contributed by atoms with Gasteiger partial charge in [0.05, 0.1) is 5.75 Å². The maximum atomic E-state index is 12.1. The van der Waals surface area contributed by atoms with E-state index in [1.807, 2.05) is 37.3 Å². The zero-order chi connectivity index (χ0) is 22.9. The lowest BCUT2D eigenvalue weighted by Crippen LogP contribution is -2.26. The van der Waals surface area contributed by atoms with Gasteiger partial charge in [0.1, 0.15) is 5.25 Å². The summed E-state index contributed by atoms with van der Waals surface area (Å²) in [6, 6.07) is 16.4. The topological polar surface area (TPSA) is 123 Å². The van der Waals surface area contributed by atoms with Crippen LogP contribution in [-0.4, -0.2) is 45.6 Å². The molecule has 9 nitrogen and oxygen atoms in total. The van der Waals surface area contributed by atoms with Crippen LogP contribution in [0.5, 0.6) is 0 Å². The van der Waals surface area contributed by atoms with Crippen LogP contribution >= 0.6 is 11.8 Å². The molecule has 0 fully saturated rings. The molecule has 1 aromatic heterocycles. The number of aryl methyl sites for hydroxylation is 1. The van der Waals surface area contributed by atoms with Crippen molar-refractivity contribution in [3.63, 3.8) is 0 Å². The predicted octanol–water partition coefficient (Wildman–Crippen LogP) is 3.29. The van der Waals surface area contributed by atoms with Crippen LogP contribution in [0.15, 0.2) is 59.0 Å². The Hall–Kier alpha value is -3.66. The molecular weight excluding hydrogens is 432 g/mol. The molecule has 2 aromatic carbocycles. The number of ether oxygens (including phenoxy) is 1. The summed E-state index contributed by atoms with van der Waals surface area (Å²) in [7, 11) is 0. The highest BCUT2D eigenvalue weighted by molar-refractivity contribution is 8.01. The molecule has 0 aliphatic rings. The number of nitrogens with one attached hydrogen (secondary N) is 2. The summed E-state index contributed by atoms with van der Waals surface area (Å²) in [5, 5.41) is 12.1. The van der Waals surface area contributed by atoms with Crippen LogP contribution in [0.1, 0.15) is 12.5 Å². The van der Waals surface area contributed by atoms with E-state index in [0.29, 0.717) is 11.3 Å². The number of rotatable bonds is 9. The number of benzene rings is 2. The van der Waals surface area contributed by atoms with Crippen LogP contribution in [0, 0.1) is 6.92 Å². The molecule has 0 aliphatic carbocycles. The van der Waals surface area contributed by atoms with Gasteiger partial charge in [-0.05, 0) is 38.1 Å². The molecule has 2 N–H and O–H groups in total. The van der Waals surface area contributed by atoms with Crippen LogP contribution in [-0.2, 0) is 19.1 Å². The van der Waals surface area contributed by atoms with Gasteiger partial charge in [0.2, 0.25) is 11.8 Å². The van der Waals surface area contributed by atoms with Gasteiger partial charge in [-0.15, -0.1) is 16.9 Å². The molecule has 3 rings (SSSR count). The summed E-state index contributed by atoms with van der Waals surface area (Å²) in [4.78, 5) is 36.1. The Labute approximate surface area is 188 Å². The van der Waals surface area contributed by atoms with Crippen molar-refractivity contribution in [2.45, 2.75) is 19.1 Å². The Morgan fingerprint density at radius 2 is 1.72 bits per heavy atom. The normalized spacial score (nSPS) is 11.4. The number of carbonyl (C=O) groups is 3. The van der Waals surface area contributed by atoms with Gasteiger partial charge < -0.3 is 14.5 Å². The first-order valence-corrected chi connectivity index (χ1v) is 10.8. The van der Waals surface area contributed by atoms with E-state index in [2.05, 4.69) is 20.8 Å². The second-order valence-electron chi connectivity index (χ2n) is 6.80. The van der Waals surface area contributed by atoms with Gasteiger partial charge in [-0.2, -0.15) is 0 Å². The molecule has 0 spiro atoms. The summed E-state index contributed by atoms with van der Waals surface area (Å²) >= 11 is 1.11. The molecule has 0 unspecified atom stereocenters. The maximum Gasteiger partial charge on any atom is 0.322 e. The number of esters is 1. The zero-order valence-corrected chi connectivity index (χ0v) is 18.3. The van der Waals surface area contributed by atoms with Crippen LogP contribution < -0.4 is 10.6 Å². The van der Waals surface area contributed by atoms with Gasteiger partial charge in [0, 0.05) is 11.3 Å². The Balaban J connectivity index is 1.38. The minimum atomic E-state index is -0.625. The summed E-state index contributed by atoms with van der Waals surface area (Å²) < 4.78 is 10.4. The molecule has 0 aliphatic heterocycles. The lowest BCUT2D eigenvalue weighted by atomic mass is 10.2. The van der Waals surface area contributed by atoms with Crippen molar-refractivity contribution in [3.05, 3.63) is 60.2 Å². The van der Waals surface area contributed by atoms with Gasteiger partial charge in [-0.1, -0.05) is 41.0 Å². The molecule has 1 atom stereocenters. The third-order valence-electron chi connectivity index (χ3n) is 4.17. The van der Waals surface area contributed by atoms with Gasteiger partial charge in [0.25, 0.3) is 5.91 Å². The largest absolute Gasteiger partial charge is 0.455 e. The lowest BCUT2D eigenvalue weighted by molar-refractivity contribution is -0.146. The number of amides is 2. The monoisotopic (exact) mass is 454 g/mol. The fourth-order valence-corrected chi connectivity index (χ4v) is 3.16. The van der Waals surface area contributed by atoms with Gasteiger partial charge in [-0.3, -0.25) is 19.7 Å². The van der Waals surface area contributed by atoms with Crippen molar-refractivity contribution >= 4 is 41.2 Å². The van der Waals surface area contributed by atoms with Crippen molar-refractivity contribution in [2.75, 3.05) is 23.0 Å². The second-order valence-corrected chi connectivity index (χ2v) is 8.13. The minimum Gasteiger partial charge on any atom is -0.455 e. The Bertz CT molecular complexity index is 1070. The van der Waals surface area contributed by atoms with Gasteiger partial charge in [-0.25, -0.2) is 0 Å². The summed E-state index contributed by atoms with van der Waals surface area (Å²) in [5.74, 6) is -1.13. The lowest BCUT2D eigenvalue weighted by Gasteiger charge is -2.11. The standard InChI is InChI=1S/C22H22N4O5S/c1-14-8-10-17(11-9-14)23-19(28)13-32-15(2)21(29)30-12-18(27)24-22-26-25-20(31-22)16-6-4-3-5-7-16/h3-11,15H,12-13H2,1-2H3,(H,23,28)(H,24,26,27)/t15-/m1/s1. The van der Waals surface area contributed by atoms with E-state index >= 15 is 0 Å². The van der Waals surface area contributed by atoms with E-state index in [-0.39, 0.29) is 23.6 Å². The minimum absolute atomic E-state index is 0.0700. The molecule has 0 saturated carbocycles. The predicted molar refractivity (Wildman–Crippen MR) is 121 cm³/mol. The molecule has 1 heterocycles. The summed E-state index contributed by atoms with van der Waals surface area (Å²) in [5.41, 5.74) is 2.49. The molecule has 10 heteroatoms. The van der Waals surface area contributed by atoms with E-state index < -0.39 is 23.7 Å². The van der Waals surface area contributed by atoms with E-state index in [9.17, 15) is 14.4 Å². The first-order valence-electron chi connectivity index (χ1n) is 9.74. The van der Waals surface area contributed by atoms with Gasteiger partial charge in [0.15, 0.2) is 6.61 Å². The van der Waals surface area contributed by atoms with Crippen LogP contribution in [0.2, 0.25) is 0 Å². The molecular formula is C22H22N4O5S.